The first kappa shape index (κ1) is 12.0. The van der Waals surface area contributed by atoms with Crippen LogP contribution in [-0.2, 0) is 0 Å². The van der Waals surface area contributed by atoms with Crippen LogP contribution in [0.2, 0.25) is 0 Å². The molecule has 82 valence electrons. The number of carboxylic acid groups (broad SMARTS) is 1. The van der Waals surface area contributed by atoms with Crippen molar-refractivity contribution < 1.29 is 9.90 Å². The van der Waals surface area contributed by atoms with Gasteiger partial charge < -0.3 is 10.4 Å². The summed E-state index contributed by atoms with van der Waals surface area (Å²) in [7, 11) is 0. The maximum Gasteiger partial charge on any atom is 0.404 e. The molecule has 1 rings (SSSR count). The highest BCUT2D eigenvalue weighted by Gasteiger charge is 2.15. The van der Waals surface area contributed by atoms with Crippen molar-refractivity contribution >= 4 is 22.0 Å². The third-order valence-electron chi connectivity index (χ3n) is 2.50. The van der Waals surface area contributed by atoms with Gasteiger partial charge in [-0.25, -0.2) is 4.79 Å². The summed E-state index contributed by atoms with van der Waals surface area (Å²) in [6, 6.07) is 7.81. The first-order valence-electron chi connectivity index (χ1n) is 4.75. The minimum atomic E-state index is -0.980. The summed E-state index contributed by atoms with van der Waals surface area (Å²) >= 11 is 3.36. The zero-order valence-corrected chi connectivity index (χ0v) is 10.3. The van der Waals surface area contributed by atoms with Gasteiger partial charge >= 0.3 is 6.09 Å². The smallest absolute Gasteiger partial charge is 0.404 e. The van der Waals surface area contributed by atoms with Gasteiger partial charge in [0.15, 0.2) is 0 Å². The zero-order valence-electron chi connectivity index (χ0n) is 8.70. The van der Waals surface area contributed by atoms with E-state index in [0.29, 0.717) is 0 Å². The van der Waals surface area contributed by atoms with Crippen LogP contribution in [0.1, 0.15) is 25.3 Å². The molecule has 0 aliphatic heterocycles. The van der Waals surface area contributed by atoms with Crippen LogP contribution in [0.3, 0.4) is 0 Å². The molecule has 4 heteroatoms. The molecule has 0 radical (unpaired) electrons. The van der Waals surface area contributed by atoms with Crippen molar-refractivity contribution in [1.82, 2.24) is 5.32 Å². The molecule has 2 N–H and O–H groups in total. The van der Waals surface area contributed by atoms with Gasteiger partial charge in [-0.05, 0) is 24.6 Å². The highest BCUT2D eigenvalue weighted by molar-refractivity contribution is 9.10. The monoisotopic (exact) mass is 271 g/mol. The second-order valence-corrected chi connectivity index (χ2v) is 4.49. The van der Waals surface area contributed by atoms with E-state index in [9.17, 15) is 4.79 Å². The predicted molar refractivity (Wildman–Crippen MR) is 63.2 cm³/mol. The molecule has 1 aromatic carbocycles. The lowest BCUT2D eigenvalue weighted by Gasteiger charge is -2.20. The van der Waals surface area contributed by atoms with E-state index < -0.39 is 6.09 Å². The van der Waals surface area contributed by atoms with Crippen molar-refractivity contribution in [1.29, 1.82) is 0 Å². The topological polar surface area (TPSA) is 49.3 Å². The Kier molecular flexibility index (Phi) is 4.15. The van der Waals surface area contributed by atoms with E-state index >= 15 is 0 Å². The van der Waals surface area contributed by atoms with Gasteiger partial charge in [0, 0.05) is 16.4 Å². The lowest BCUT2D eigenvalue weighted by Crippen LogP contribution is -2.34. The molecule has 2 atom stereocenters. The quantitative estimate of drug-likeness (QED) is 0.887. The van der Waals surface area contributed by atoms with Crippen molar-refractivity contribution in [2.24, 2.45) is 0 Å². The van der Waals surface area contributed by atoms with E-state index in [0.717, 1.165) is 10.0 Å². The van der Waals surface area contributed by atoms with Gasteiger partial charge in [-0.3, -0.25) is 0 Å². The Morgan fingerprint density at radius 2 is 1.87 bits per heavy atom. The molecule has 1 amide bonds. The van der Waals surface area contributed by atoms with Crippen molar-refractivity contribution in [3.8, 4) is 0 Å². The summed E-state index contributed by atoms with van der Waals surface area (Å²) in [4.78, 5) is 10.5. The summed E-state index contributed by atoms with van der Waals surface area (Å²) in [5.41, 5.74) is 1.12. The van der Waals surface area contributed by atoms with Crippen molar-refractivity contribution in [3.63, 3.8) is 0 Å². The van der Waals surface area contributed by atoms with E-state index in [-0.39, 0.29) is 12.0 Å². The molecular weight excluding hydrogens is 258 g/mol. The molecule has 0 saturated carbocycles. The van der Waals surface area contributed by atoms with E-state index in [1.165, 1.54) is 0 Å². The van der Waals surface area contributed by atoms with Crippen LogP contribution >= 0.6 is 15.9 Å². The Hall–Kier alpha value is -1.03. The van der Waals surface area contributed by atoms with Crippen LogP contribution in [0, 0.1) is 0 Å². The largest absolute Gasteiger partial charge is 0.465 e. The molecule has 2 unspecified atom stereocenters. The Morgan fingerprint density at radius 3 is 2.33 bits per heavy atom. The maximum atomic E-state index is 10.5. The molecule has 0 saturated heterocycles. The number of hydrogen-bond donors (Lipinski definition) is 2. The van der Waals surface area contributed by atoms with Crippen molar-refractivity contribution in [2.75, 3.05) is 0 Å². The highest BCUT2D eigenvalue weighted by atomic mass is 79.9. The fourth-order valence-electron chi connectivity index (χ4n) is 1.37. The first-order chi connectivity index (χ1) is 7.00. The lowest BCUT2D eigenvalue weighted by molar-refractivity contribution is 0.189. The summed E-state index contributed by atoms with van der Waals surface area (Å²) in [6.07, 6.45) is -0.980. The number of benzene rings is 1. The van der Waals surface area contributed by atoms with Crippen LogP contribution in [0.15, 0.2) is 28.7 Å². The van der Waals surface area contributed by atoms with Crippen LogP contribution in [0.4, 0.5) is 4.79 Å². The fraction of sp³-hybridized carbons (Fsp3) is 0.364. The molecular formula is C11H14BrNO2. The standard InChI is InChI=1S/C11H14BrNO2/c1-7(8(2)13-11(14)15)9-3-5-10(12)6-4-9/h3-8,13H,1-2H3,(H,14,15). The van der Waals surface area contributed by atoms with Crippen LogP contribution in [-0.4, -0.2) is 17.2 Å². The van der Waals surface area contributed by atoms with Crippen molar-refractivity contribution in [3.05, 3.63) is 34.3 Å². The zero-order chi connectivity index (χ0) is 11.4. The summed E-state index contributed by atoms with van der Waals surface area (Å²) in [6.45, 7) is 3.87. The minimum Gasteiger partial charge on any atom is -0.465 e. The lowest BCUT2D eigenvalue weighted by atomic mass is 9.95. The third-order valence-corrected chi connectivity index (χ3v) is 3.03. The van der Waals surface area contributed by atoms with Gasteiger partial charge in [0.2, 0.25) is 0 Å². The number of carbonyl (C=O) groups is 1. The molecule has 0 heterocycles. The molecule has 1 aromatic rings. The highest BCUT2D eigenvalue weighted by Crippen LogP contribution is 2.21. The normalized spacial score (nSPS) is 14.3. The number of rotatable bonds is 3. The van der Waals surface area contributed by atoms with E-state index in [2.05, 4.69) is 21.2 Å². The predicted octanol–water partition coefficient (Wildman–Crippen LogP) is 3.21. The number of halogens is 1. The molecule has 0 aliphatic carbocycles. The summed E-state index contributed by atoms with van der Waals surface area (Å²) in [5.74, 6) is 0.161. The Bertz CT molecular complexity index is 337. The molecule has 3 nitrogen and oxygen atoms in total. The number of amides is 1. The summed E-state index contributed by atoms with van der Waals surface area (Å²) < 4.78 is 1.03. The molecule has 0 aromatic heterocycles. The van der Waals surface area contributed by atoms with Gasteiger partial charge in [-0.15, -0.1) is 0 Å². The van der Waals surface area contributed by atoms with E-state index in [1.54, 1.807) is 0 Å². The van der Waals surface area contributed by atoms with E-state index in [4.69, 9.17) is 5.11 Å². The first-order valence-corrected chi connectivity index (χ1v) is 5.55. The van der Waals surface area contributed by atoms with Gasteiger partial charge in [0.1, 0.15) is 0 Å². The third kappa shape index (κ3) is 3.55. The molecule has 0 fully saturated rings. The van der Waals surface area contributed by atoms with Gasteiger partial charge in [-0.1, -0.05) is 35.0 Å². The van der Waals surface area contributed by atoms with Crippen LogP contribution < -0.4 is 5.32 Å². The van der Waals surface area contributed by atoms with Gasteiger partial charge in [0.05, 0.1) is 0 Å². The van der Waals surface area contributed by atoms with Gasteiger partial charge in [-0.2, -0.15) is 0 Å². The van der Waals surface area contributed by atoms with Gasteiger partial charge in [0.25, 0.3) is 0 Å². The molecule has 0 bridgehead atoms. The Labute approximate surface area is 97.6 Å². The minimum absolute atomic E-state index is 0.0938. The second-order valence-electron chi connectivity index (χ2n) is 3.58. The van der Waals surface area contributed by atoms with Crippen molar-refractivity contribution in [2.45, 2.75) is 25.8 Å². The number of nitrogens with one attached hydrogen (secondary N) is 1. The maximum absolute atomic E-state index is 10.5. The Balaban J connectivity index is 2.71. The number of hydrogen-bond acceptors (Lipinski definition) is 1. The second kappa shape index (κ2) is 5.16. The fourth-order valence-corrected chi connectivity index (χ4v) is 1.64. The SMILES string of the molecule is CC(NC(=O)O)C(C)c1ccc(Br)cc1. The molecule has 0 aliphatic rings. The Morgan fingerprint density at radius 1 is 1.33 bits per heavy atom. The molecule has 15 heavy (non-hydrogen) atoms. The van der Waals surface area contributed by atoms with E-state index in [1.807, 2.05) is 38.1 Å². The van der Waals surface area contributed by atoms with Crippen LogP contribution in [0.5, 0.6) is 0 Å². The molecule has 0 spiro atoms. The average molecular weight is 272 g/mol. The summed E-state index contributed by atoms with van der Waals surface area (Å²) in [5, 5.41) is 11.1. The average Bonchev–Trinajstić information content (AvgIpc) is 2.17. The van der Waals surface area contributed by atoms with Crippen LogP contribution in [0.25, 0.3) is 0 Å².